The van der Waals surface area contributed by atoms with Crippen LogP contribution >= 0.6 is 23.2 Å². The number of amides is 1. The zero-order valence-electron chi connectivity index (χ0n) is 13.5. The maximum absolute atomic E-state index is 12.2. The van der Waals surface area contributed by atoms with Gasteiger partial charge >= 0.3 is 12.1 Å². The van der Waals surface area contributed by atoms with E-state index >= 15 is 0 Å². The fourth-order valence-electron chi connectivity index (χ4n) is 1.84. The Morgan fingerprint density at radius 3 is 2.33 bits per heavy atom. The zero-order valence-corrected chi connectivity index (χ0v) is 15.0. The molecule has 0 spiro atoms. The Hall–Kier alpha value is -2.45. The van der Waals surface area contributed by atoms with E-state index < -0.39 is 31.3 Å². The van der Waals surface area contributed by atoms with Gasteiger partial charge in [-0.1, -0.05) is 29.3 Å². The van der Waals surface area contributed by atoms with Gasteiger partial charge < -0.3 is 14.8 Å². The monoisotopic (exact) mass is 421 g/mol. The van der Waals surface area contributed by atoms with Crippen LogP contribution in [-0.4, -0.2) is 31.3 Å². The summed E-state index contributed by atoms with van der Waals surface area (Å²) in [5, 5.41) is 3.08. The molecule has 0 heterocycles. The Kier molecular flexibility index (Phi) is 6.92. The summed E-state index contributed by atoms with van der Waals surface area (Å²) in [4.78, 5) is 23.4. The van der Waals surface area contributed by atoms with Gasteiger partial charge in [-0.2, -0.15) is 13.2 Å². The molecule has 0 fully saturated rings. The highest BCUT2D eigenvalue weighted by atomic mass is 35.5. The number of hydrogen-bond donors (Lipinski definition) is 1. The molecule has 27 heavy (non-hydrogen) atoms. The van der Waals surface area contributed by atoms with Crippen LogP contribution in [0.15, 0.2) is 42.5 Å². The van der Waals surface area contributed by atoms with Crippen molar-refractivity contribution in [2.45, 2.75) is 6.18 Å². The van der Waals surface area contributed by atoms with Crippen molar-refractivity contribution in [3.8, 4) is 5.75 Å². The number of rotatable bonds is 6. The van der Waals surface area contributed by atoms with E-state index in [2.05, 4.69) is 10.1 Å². The number of anilines is 1. The van der Waals surface area contributed by atoms with Gasteiger partial charge in [-0.3, -0.25) is 4.79 Å². The molecule has 2 rings (SSSR count). The fourth-order valence-corrected chi connectivity index (χ4v) is 2.19. The van der Waals surface area contributed by atoms with Crippen molar-refractivity contribution >= 4 is 40.8 Å². The van der Waals surface area contributed by atoms with Crippen LogP contribution < -0.4 is 10.1 Å². The van der Waals surface area contributed by atoms with Crippen molar-refractivity contribution < 1.29 is 32.2 Å². The lowest BCUT2D eigenvalue weighted by Gasteiger charge is -2.10. The zero-order chi connectivity index (χ0) is 20.0. The van der Waals surface area contributed by atoms with E-state index in [0.717, 1.165) is 0 Å². The average molecular weight is 422 g/mol. The van der Waals surface area contributed by atoms with Gasteiger partial charge in [0.05, 0.1) is 15.7 Å². The van der Waals surface area contributed by atoms with Crippen LogP contribution in [-0.2, 0) is 9.53 Å². The SMILES string of the molecule is O=C(COc1ccc(C(=O)Nc2cccc(Cl)c2Cl)cc1)OCC(F)(F)F. The van der Waals surface area contributed by atoms with Crippen LogP contribution in [0.2, 0.25) is 10.0 Å². The Morgan fingerprint density at radius 2 is 1.70 bits per heavy atom. The minimum Gasteiger partial charge on any atom is -0.482 e. The Labute approximate surface area is 162 Å². The first-order valence-electron chi connectivity index (χ1n) is 7.36. The molecule has 144 valence electrons. The van der Waals surface area contributed by atoms with E-state index in [1.54, 1.807) is 18.2 Å². The Bertz CT molecular complexity index is 826. The molecule has 5 nitrogen and oxygen atoms in total. The van der Waals surface area contributed by atoms with E-state index in [0.29, 0.717) is 5.69 Å². The third-order valence-electron chi connectivity index (χ3n) is 3.07. The van der Waals surface area contributed by atoms with Crippen LogP contribution in [0, 0.1) is 0 Å². The second-order valence-electron chi connectivity index (χ2n) is 5.14. The summed E-state index contributed by atoms with van der Waals surface area (Å²) in [6.45, 7) is -2.37. The molecule has 2 aromatic carbocycles. The topological polar surface area (TPSA) is 64.6 Å². The van der Waals surface area contributed by atoms with Gasteiger partial charge in [0.2, 0.25) is 0 Å². The lowest BCUT2D eigenvalue weighted by atomic mass is 10.2. The first-order chi connectivity index (χ1) is 12.7. The molecule has 2 aromatic rings. The molecular formula is C17H12Cl2F3NO4. The van der Waals surface area contributed by atoms with Crippen LogP contribution in [0.25, 0.3) is 0 Å². The largest absolute Gasteiger partial charge is 0.482 e. The van der Waals surface area contributed by atoms with E-state index in [1.807, 2.05) is 0 Å². The summed E-state index contributed by atoms with van der Waals surface area (Å²) in [5.41, 5.74) is 0.597. The Balaban J connectivity index is 1.90. The predicted octanol–water partition coefficient (Wildman–Crippen LogP) is 4.73. The summed E-state index contributed by atoms with van der Waals surface area (Å²) in [6, 6.07) is 10.4. The molecule has 0 aliphatic heterocycles. The average Bonchev–Trinajstić information content (AvgIpc) is 2.62. The van der Waals surface area contributed by atoms with Crippen molar-refractivity contribution in [2.75, 3.05) is 18.5 Å². The van der Waals surface area contributed by atoms with Crippen LogP contribution in [0.5, 0.6) is 5.75 Å². The number of halogens is 5. The molecule has 0 saturated heterocycles. The molecule has 0 unspecified atom stereocenters. The third kappa shape index (κ3) is 6.65. The van der Waals surface area contributed by atoms with Crippen molar-refractivity contribution in [1.82, 2.24) is 0 Å². The number of carbonyl (C=O) groups excluding carboxylic acids is 2. The van der Waals surface area contributed by atoms with Crippen LogP contribution in [0.1, 0.15) is 10.4 Å². The van der Waals surface area contributed by atoms with Gasteiger partial charge in [0.25, 0.3) is 5.91 Å². The van der Waals surface area contributed by atoms with Gasteiger partial charge in [0, 0.05) is 5.56 Å². The summed E-state index contributed by atoms with van der Waals surface area (Å²) < 4.78 is 44.8. The van der Waals surface area contributed by atoms with Crippen molar-refractivity contribution in [3.63, 3.8) is 0 Å². The molecule has 0 bridgehead atoms. The fraction of sp³-hybridized carbons (Fsp3) is 0.176. The molecule has 1 N–H and O–H groups in total. The van der Waals surface area contributed by atoms with E-state index in [1.165, 1.54) is 24.3 Å². The second kappa shape index (κ2) is 8.96. The number of esters is 1. The van der Waals surface area contributed by atoms with Gasteiger partial charge in [0.1, 0.15) is 5.75 Å². The van der Waals surface area contributed by atoms with E-state index in [4.69, 9.17) is 27.9 Å². The van der Waals surface area contributed by atoms with Crippen LogP contribution in [0.3, 0.4) is 0 Å². The van der Waals surface area contributed by atoms with Crippen molar-refractivity contribution in [1.29, 1.82) is 0 Å². The molecule has 0 atom stereocenters. The molecule has 10 heteroatoms. The quantitative estimate of drug-likeness (QED) is 0.684. The number of carbonyl (C=O) groups is 2. The number of hydrogen-bond acceptors (Lipinski definition) is 4. The highest BCUT2D eigenvalue weighted by Crippen LogP contribution is 2.29. The molecule has 0 saturated carbocycles. The van der Waals surface area contributed by atoms with E-state index in [9.17, 15) is 22.8 Å². The lowest BCUT2D eigenvalue weighted by molar-refractivity contribution is -0.187. The maximum Gasteiger partial charge on any atom is 0.422 e. The minimum absolute atomic E-state index is 0.177. The number of benzene rings is 2. The van der Waals surface area contributed by atoms with Gasteiger partial charge in [0.15, 0.2) is 13.2 Å². The molecule has 1 amide bonds. The molecule has 0 aromatic heterocycles. The first kappa shape index (κ1) is 20.9. The number of nitrogens with one attached hydrogen (secondary N) is 1. The normalized spacial score (nSPS) is 11.0. The minimum atomic E-state index is -4.60. The summed E-state index contributed by atoms with van der Waals surface area (Å²) >= 11 is 11.9. The van der Waals surface area contributed by atoms with Crippen molar-refractivity contribution in [3.05, 3.63) is 58.1 Å². The molecular weight excluding hydrogens is 410 g/mol. The maximum atomic E-state index is 12.2. The summed E-state index contributed by atoms with van der Waals surface area (Å²) in [5.74, 6) is -1.45. The van der Waals surface area contributed by atoms with Crippen LogP contribution in [0.4, 0.5) is 18.9 Å². The lowest BCUT2D eigenvalue weighted by Crippen LogP contribution is -2.23. The number of alkyl halides is 3. The molecule has 0 radical (unpaired) electrons. The van der Waals surface area contributed by atoms with Gasteiger partial charge in [-0.05, 0) is 36.4 Å². The second-order valence-corrected chi connectivity index (χ2v) is 5.93. The van der Waals surface area contributed by atoms with Gasteiger partial charge in [-0.25, -0.2) is 4.79 Å². The molecule has 0 aliphatic carbocycles. The van der Waals surface area contributed by atoms with Crippen molar-refractivity contribution in [2.24, 2.45) is 0 Å². The number of ether oxygens (including phenoxy) is 2. The highest BCUT2D eigenvalue weighted by Gasteiger charge is 2.29. The first-order valence-corrected chi connectivity index (χ1v) is 8.12. The predicted molar refractivity (Wildman–Crippen MR) is 93.4 cm³/mol. The Morgan fingerprint density at radius 1 is 1.04 bits per heavy atom. The summed E-state index contributed by atoms with van der Waals surface area (Å²) in [6.07, 6.45) is -4.60. The summed E-state index contributed by atoms with van der Waals surface area (Å²) in [7, 11) is 0. The molecule has 0 aliphatic rings. The smallest absolute Gasteiger partial charge is 0.422 e. The van der Waals surface area contributed by atoms with Gasteiger partial charge in [-0.15, -0.1) is 0 Å². The standard InChI is InChI=1S/C17H12Cl2F3NO4/c18-12-2-1-3-13(15(12)19)23-16(25)10-4-6-11(7-5-10)26-8-14(24)27-9-17(20,21)22/h1-7H,8-9H2,(H,23,25). The third-order valence-corrected chi connectivity index (χ3v) is 3.89. The van der Waals surface area contributed by atoms with E-state index in [-0.39, 0.29) is 21.4 Å². The highest BCUT2D eigenvalue weighted by molar-refractivity contribution is 6.44.